The first-order valence-corrected chi connectivity index (χ1v) is 5.92. The zero-order chi connectivity index (χ0) is 11.9. The molecule has 3 rings (SSSR count). The molecule has 1 aliphatic heterocycles. The molecule has 90 valence electrons. The monoisotopic (exact) mass is 232 g/mol. The Kier molecular flexibility index (Phi) is 2.38. The SMILES string of the molecule is CCC1(O)CN(Cc2cn3cccnc3n2)C1. The Bertz CT molecular complexity index is 497. The maximum absolute atomic E-state index is 9.93. The molecule has 0 radical (unpaired) electrons. The third-order valence-corrected chi connectivity index (χ3v) is 3.36. The largest absolute Gasteiger partial charge is 0.387 e. The third-order valence-electron chi connectivity index (χ3n) is 3.36. The average Bonchev–Trinajstić information content (AvgIpc) is 2.69. The summed E-state index contributed by atoms with van der Waals surface area (Å²) in [5, 5.41) is 9.93. The highest BCUT2D eigenvalue weighted by atomic mass is 16.3. The van der Waals surface area contributed by atoms with E-state index in [-0.39, 0.29) is 0 Å². The molecule has 0 aromatic carbocycles. The molecule has 2 aromatic rings. The zero-order valence-electron chi connectivity index (χ0n) is 9.87. The average molecular weight is 232 g/mol. The lowest BCUT2D eigenvalue weighted by Crippen LogP contribution is -2.60. The van der Waals surface area contributed by atoms with Gasteiger partial charge in [-0.05, 0) is 12.5 Å². The van der Waals surface area contributed by atoms with E-state index in [1.54, 1.807) is 6.20 Å². The number of hydrogen-bond donors (Lipinski definition) is 1. The van der Waals surface area contributed by atoms with Crippen molar-refractivity contribution in [2.75, 3.05) is 13.1 Å². The van der Waals surface area contributed by atoms with E-state index < -0.39 is 5.60 Å². The minimum absolute atomic E-state index is 0.475. The van der Waals surface area contributed by atoms with Crippen LogP contribution in [-0.4, -0.2) is 43.1 Å². The molecule has 1 aliphatic rings. The van der Waals surface area contributed by atoms with Crippen molar-refractivity contribution in [3.05, 3.63) is 30.4 Å². The fourth-order valence-electron chi connectivity index (χ4n) is 2.31. The number of rotatable bonds is 3. The predicted molar refractivity (Wildman–Crippen MR) is 63.5 cm³/mol. The first-order valence-electron chi connectivity index (χ1n) is 5.92. The van der Waals surface area contributed by atoms with Gasteiger partial charge in [0.1, 0.15) is 0 Å². The van der Waals surface area contributed by atoms with E-state index in [2.05, 4.69) is 14.9 Å². The Balaban J connectivity index is 1.70. The second-order valence-electron chi connectivity index (χ2n) is 4.78. The van der Waals surface area contributed by atoms with E-state index in [0.717, 1.165) is 37.5 Å². The molecule has 17 heavy (non-hydrogen) atoms. The number of hydrogen-bond acceptors (Lipinski definition) is 4. The number of nitrogens with zero attached hydrogens (tertiary/aromatic N) is 4. The van der Waals surface area contributed by atoms with Crippen LogP contribution in [0.15, 0.2) is 24.7 Å². The lowest BCUT2D eigenvalue weighted by molar-refractivity contribution is -0.103. The van der Waals surface area contributed by atoms with E-state index in [0.29, 0.717) is 0 Å². The maximum atomic E-state index is 9.93. The molecular formula is C12H16N4O. The number of aliphatic hydroxyl groups is 1. The molecule has 5 heteroatoms. The van der Waals surface area contributed by atoms with Gasteiger partial charge in [-0.3, -0.25) is 9.30 Å². The topological polar surface area (TPSA) is 53.7 Å². The smallest absolute Gasteiger partial charge is 0.233 e. The Morgan fingerprint density at radius 2 is 2.29 bits per heavy atom. The van der Waals surface area contributed by atoms with Crippen molar-refractivity contribution < 1.29 is 5.11 Å². The quantitative estimate of drug-likeness (QED) is 0.845. The molecule has 0 spiro atoms. The minimum atomic E-state index is -0.475. The van der Waals surface area contributed by atoms with Gasteiger partial charge in [-0.15, -0.1) is 0 Å². The van der Waals surface area contributed by atoms with Crippen LogP contribution in [0.2, 0.25) is 0 Å². The summed E-state index contributed by atoms with van der Waals surface area (Å²) in [6.07, 6.45) is 6.49. The summed E-state index contributed by atoms with van der Waals surface area (Å²) >= 11 is 0. The summed E-state index contributed by atoms with van der Waals surface area (Å²) in [5.74, 6) is 0.730. The van der Waals surface area contributed by atoms with Crippen molar-refractivity contribution in [2.45, 2.75) is 25.5 Å². The first kappa shape index (κ1) is 10.7. The number of likely N-dealkylation sites (tertiary alicyclic amines) is 1. The second kappa shape index (κ2) is 3.78. The number of aromatic nitrogens is 3. The molecule has 0 amide bonds. The molecule has 0 atom stereocenters. The molecular weight excluding hydrogens is 216 g/mol. The summed E-state index contributed by atoms with van der Waals surface area (Å²) in [6, 6.07) is 1.89. The van der Waals surface area contributed by atoms with Crippen molar-refractivity contribution in [1.82, 2.24) is 19.3 Å². The molecule has 0 aliphatic carbocycles. The van der Waals surface area contributed by atoms with Crippen LogP contribution in [0, 0.1) is 0 Å². The summed E-state index contributed by atoms with van der Waals surface area (Å²) in [5.41, 5.74) is 0.527. The van der Waals surface area contributed by atoms with Gasteiger partial charge in [-0.1, -0.05) is 6.92 Å². The van der Waals surface area contributed by atoms with Crippen molar-refractivity contribution >= 4 is 5.78 Å². The van der Waals surface area contributed by atoms with Crippen LogP contribution in [-0.2, 0) is 6.54 Å². The maximum Gasteiger partial charge on any atom is 0.233 e. The van der Waals surface area contributed by atoms with Gasteiger partial charge >= 0.3 is 0 Å². The van der Waals surface area contributed by atoms with E-state index in [1.807, 2.05) is 29.8 Å². The van der Waals surface area contributed by atoms with Gasteiger partial charge in [0.25, 0.3) is 0 Å². The van der Waals surface area contributed by atoms with Crippen LogP contribution in [0.3, 0.4) is 0 Å². The van der Waals surface area contributed by atoms with E-state index >= 15 is 0 Å². The molecule has 0 unspecified atom stereocenters. The van der Waals surface area contributed by atoms with E-state index in [4.69, 9.17) is 0 Å². The molecule has 5 nitrogen and oxygen atoms in total. The Hall–Kier alpha value is -1.46. The van der Waals surface area contributed by atoms with Gasteiger partial charge < -0.3 is 5.11 Å². The Labute approximate surface area is 99.7 Å². The van der Waals surface area contributed by atoms with Crippen LogP contribution in [0.1, 0.15) is 19.0 Å². The highest BCUT2D eigenvalue weighted by molar-refractivity contribution is 5.29. The fraction of sp³-hybridized carbons (Fsp3) is 0.500. The summed E-state index contributed by atoms with van der Waals surface area (Å²) in [4.78, 5) is 10.8. The first-order chi connectivity index (χ1) is 8.18. The van der Waals surface area contributed by atoms with Gasteiger partial charge in [0, 0.05) is 38.2 Å². The number of fused-ring (bicyclic) bond motifs is 1. The molecule has 1 N–H and O–H groups in total. The minimum Gasteiger partial charge on any atom is -0.387 e. The van der Waals surface area contributed by atoms with E-state index in [9.17, 15) is 5.11 Å². The normalized spacial score (nSPS) is 19.4. The molecule has 1 saturated heterocycles. The van der Waals surface area contributed by atoms with Crippen LogP contribution in [0.25, 0.3) is 5.78 Å². The summed E-state index contributed by atoms with van der Waals surface area (Å²) in [6.45, 7) is 4.29. The number of β-amino-alcohol motifs (C(OH)–C–C–N with tert-alkyl or cyclic N) is 1. The van der Waals surface area contributed by atoms with Gasteiger partial charge in [0.2, 0.25) is 5.78 Å². The van der Waals surface area contributed by atoms with Crippen molar-refractivity contribution in [3.63, 3.8) is 0 Å². The molecule has 1 fully saturated rings. The molecule has 0 saturated carbocycles. The molecule has 0 bridgehead atoms. The summed E-state index contributed by atoms with van der Waals surface area (Å²) in [7, 11) is 0. The van der Waals surface area contributed by atoms with Gasteiger partial charge in [-0.25, -0.2) is 9.97 Å². The van der Waals surface area contributed by atoms with E-state index in [1.165, 1.54) is 0 Å². The fourth-order valence-corrected chi connectivity index (χ4v) is 2.31. The molecule has 2 aromatic heterocycles. The van der Waals surface area contributed by atoms with Crippen molar-refractivity contribution in [1.29, 1.82) is 0 Å². The van der Waals surface area contributed by atoms with Crippen LogP contribution >= 0.6 is 0 Å². The zero-order valence-corrected chi connectivity index (χ0v) is 9.87. The Morgan fingerprint density at radius 3 is 3.00 bits per heavy atom. The van der Waals surface area contributed by atoms with Gasteiger partial charge in [0.05, 0.1) is 11.3 Å². The van der Waals surface area contributed by atoms with Crippen LogP contribution in [0.5, 0.6) is 0 Å². The van der Waals surface area contributed by atoms with Crippen LogP contribution < -0.4 is 0 Å². The highest BCUT2D eigenvalue weighted by Crippen LogP contribution is 2.25. The molecule has 3 heterocycles. The van der Waals surface area contributed by atoms with Crippen molar-refractivity contribution in [2.24, 2.45) is 0 Å². The van der Waals surface area contributed by atoms with Gasteiger partial charge in [-0.2, -0.15) is 0 Å². The Morgan fingerprint density at radius 1 is 1.47 bits per heavy atom. The standard InChI is InChI=1S/C12H16N4O/c1-2-12(17)8-15(9-12)6-10-7-16-5-3-4-13-11(16)14-10/h3-5,7,17H,2,6,8-9H2,1H3. The third kappa shape index (κ3) is 1.92. The second-order valence-corrected chi connectivity index (χ2v) is 4.78. The lowest BCUT2D eigenvalue weighted by Gasteiger charge is -2.45. The lowest BCUT2D eigenvalue weighted by atomic mass is 9.91. The predicted octanol–water partition coefficient (Wildman–Crippen LogP) is 0.686. The summed E-state index contributed by atoms with van der Waals surface area (Å²) < 4.78 is 1.92. The number of imidazole rings is 1. The van der Waals surface area contributed by atoms with Crippen molar-refractivity contribution in [3.8, 4) is 0 Å². The van der Waals surface area contributed by atoms with Crippen LogP contribution in [0.4, 0.5) is 0 Å². The van der Waals surface area contributed by atoms with Gasteiger partial charge in [0.15, 0.2) is 0 Å². The highest BCUT2D eigenvalue weighted by Gasteiger charge is 2.39.